The number of halogens is 2. The fourth-order valence-corrected chi connectivity index (χ4v) is 3.94. The average molecular weight is 425 g/mol. The van der Waals surface area contributed by atoms with Gasteiger partial charge in [-0.2, -0.15) is 0 Å². The van der Waals surface area contributed by atoms with Crippen molar-refractivity contribution in [1.29, 1.82) is 0 Å². The van der Waals surface area contributed by atoms with Crippen molar-refractivity contribution in [3.8, 4) is 0 Å². The summed E-state index contributed by atoms with van der Waals surface area (Å²) in [5, 5.41) is 3.64. The first kappa shape index (κ1) is 21.6. The van der Waals surface area contributed by atoms with E-state index < -0.39 is 6.04 Å². The minimum Gasteiger partial charge on any atom is -0.357 e. The minimum atomic E-state index is -0.564. The van der Waals surface area contributed by atoms with Crippen LogP contribution in [0, 0.1) is 0 Å². The van der Waals surface area contributed by atoms with Gasteiger partial charge in [-0.05, 0) is 36.2 Å². The number of thioether (sulfide) groups is 1. The van der Waals surface area contributed by atoms with Crippen molar-refractivity contribution in [1.82, 2.24) is 10.2 Å². The maximum Gasteiger partial charge on any atom is 0.242 e. The second kappa shape index (κ2) is 10.6. The van der Waals surface area contributed by atoms with E-state index in [4.69, 9.17) is 23.2 Å². The maximum atomic E-state index is 13.0. The summed E-state index contributed by atoms with van der Waals surface area (Å²) in [4.78, 5) is 27.9. The van der Waals surface area contributed by atoms with Crippen LogP contribution in [0.5, 0.6) is 0 Å². The molecule has 1 N–H and O–H groups in total. The second-order valence-corrected chi connectivity index (χ2v) is 7.79. The first-order chi connectivity index (χ1) is 13.0. The van der Waals surface area contributed by atoms with Crippen molar-refractivity contribution in [3.63, 3.8) is 0 Å². The van der Waals surface area contributed by atoms with Crippen LogP contribution >= 0.6 is 35.0 Å². The van der Waals surface area contributed by atoms with Crippen LogP contribution in [-0.2, 0) is 16.1 Å². The third kappa shape index (κ3) is 6.16. The molecule has 0 aliphatic carbocycles. The predicted molar refractivity (Wildman–Crippen MR) is 112 cm³/mol. The van der Waals surface area contributed by atoms with E-state index in [1.54, 1.807) is 30.1 Å². The summed E-state index contributed by atoms with van der Waals surface area (Å²) in [6.07, 6.45) is 0.507. The van der Waals surface area contributed by atoms with Crippen molar-refractivity contribution < 1.29 is 9.59 Å². The Balaban J connectivity index is 2.22. The molecule has 0 fully saturated rings. The van der Waals surface area contributed by atoms with Crippen molar-refractivity contribution in [2.24, 2.45) is 0 Å². The number of hydrogen-bond acceptors (Lipinski definition) is 3. The fourth-order valence-electron chi connectivity index (χ4n) is 2.66. The van der Waals surface area contributed by atoms with Gasteiger partial charge in [0.1, 0.15) is 6.04 Å². The van der Waals surface area contributed by atoms with Crippen LogP contribution in [0.2, 0.25) is 10.0 Å². The molecule has 2 amide bonds. The van der Waals surface area contributed by atoms with Gasteiger partial charge in [-0.25, -0.2) is 0 Å². The average Bonchev–Trinajstić information content (AvgIpc) is 2.68. The van der Waals surface area contributed by atoms with Crippen molar-refractivity contribution in [2.45, 2.75) is 30.8 Å². The van der Waals surface area contributed by atoms with Gasteiger partial charge in [0, 0.05) is 28.5 Å². The molecule has 0 aromatic heterocycles. The molecule has 0 radical (unpaired) electrons. The Morgan fingerprint density at radius 3 is 2.44 bits per heavy atom. The van der Waals surface area contributed by atoms with Crippen molar-refractivity contribution in [2.75, 3.05) is 12.8 Å². The highest BCUT2D eigenvalue weighted by Gasteiger charge is 2.28. The van der Waals surface area contributed by atoms with Gasteiger partial charge < -0.3 is 10.2 Å². The lowest BCUT2D eigenvalue weighted by Crippen LogP contribution is -2.48. The van der Waals surface area contributed by atoms with E-state index in [0.717, 1.165) is 10.5 Å². The van der Waals surface area contributed by atoms with E-state index in [0.29, 0.717) is 16.5 Å². The molecule has 0 aliphatic rings. The van der Waals surface area contributed by atoms with Gasteiger partial charge >= 0.3 is 0 Å². The Kier molecular flexibility index (Phi) is 8.48. The number of rotatable bonds is 8. The van der Waals surface area contributed by atoms with Gasteiger partial charge in [0.05, 0.1) is 5.75 Å². The zero-order chi connectivity index (χ0) is 19.8. The van der Waals surface area contributed by atoms with E-state index >= 15 is 0 Å². The Morgan fingerprint density at radius 2 is 1.85 bits per heavy atom. The Morgan fingerprint density at radius 1 is 1.15 bits per heavy atom. The molecule has 0 heterocycles. The topological polar surface area (TPSA) is 49.4 Å². The lowest BCUT2D eigenvalue weighted by Gasteiger charge is -2.30. The summed E-state index contributed by atoms with van der Waals surface area (Å²) in [7, 11) is 1.57. The van der Waals surface area contributed by atoms with E-state index in [9.17, 15) is 9.59 Å². The molecule has 0 spiro atoms. The third-order valence-electron chi connectivity index (χ3n) is 4.09. The summed E-state index contributed by atoms with van der Waals surface area (Å²) >= 11 is 13.7. The third-order valence-corrected chi connectivity index (χ3v) is 5.68. The van der Waals surface area contributed by atoms with Gasteiger partial charge in [-0.15, -0.1) is 11.8 Å². The Hall–Kier alpha value is -1.69. The minimum absolute atomic E-state index is 0.120. The highest BCUT2D eigenvalue weighted by molar-refractivity contribution is 8.00. The zero-order valence-corrected chi connectivity index (χ0v) is 17.6. The fraction of sp³-hybridized carbons (Fsp3) is 0.300. The first-order valence-electron chi connectivity index (χ1n) is 8.59. The molecule has 27 heavy (non-hydrogen) atoms. The first-order valence-corrected chi connectivity index (χ1v) is 10.3. The highest BCUT2D eigenvalue weighted by atomic mass is 35.5. The number of nitrogens with zero attached hydrogens (tertiary/aromatic N) is 1. The number of hydrogen-bond donors (Lipinski definition) is 1. The number of benzene rings is 2. The van der Waals surface area contributed by atoms with Gasteiger partial charge in [0.2, 0.25) is 11.8 Å². The number of carbonyl (C=O) groups is 2. The zero-order valence-electron chi connectivity index (χ0n) is 15.2. The molecule has 0 unspecified atom stereocenters. The summed E-state index contributed by atoms with van der Waals surface area (Å²) in [6.45, 7) is 2.13. The van der Waals surface area contributed by atoms with E-state index in [1.807, 2.05) is 37.3 Å². The maximum absolute atomic E-state index is 13.0. The van der Waals surface area contributed by atoms with Gasteiger partial charge in [-0.1, -0.05) is 54.4 Å². The molecule has 0 saturated heterocycles. The van der Waals surface area contributed by atoms with Crippen LogP contribution < -0.4 is 5.32 Å². The Bertz CT molecular complexity index is 787. The largest absolute Gasteiger partial charge is 0.357 e. The van der Waals surface area contributed by atoms with E-state index in [-0.39, 0.29) is 24.1 Å². The van der Waals surface area contributed by atoms with Gasteiger partial charge in [0.25, 0.3) is 0 Å². The monoisotopic (exact) mass is 424 g/mol. The Labute approximate surface area is 174 Å². The molecule has 2 aromatic carbocycles. The number of nitrogens with one attached hydrogen (secondary N) is 1. The summed E-state index contributed by atoms with van der Waals surface area (Å²) in [5.74, 6) is -0.0751. The van der Waals surface area contributed by atoms with E-state index in [2.05, 4.69) is 5.32 Å². The van der Waals surface area contributed by atoms with Crippen LogP contribution in [-0.4, -0.2) is 35.6 Å². The van der Waals surface area contributed by atoms with Crippen LogP contribution in [0.1, 0.15) is 18.9 Å². The number of carbonyl (C=O) groups excluding carboxylic acids is 2. The normalized spacial score (nSPS) is 11.7. The lowest BCUT2D eigenvalue weighted by atomic mass is 10.1. The van der Waals surface area contributed by atoms with Crippen molar-refractivity contribution >= 4 is 46.8 Å². The molecular weight excluding hydrogens is 403 g/mol. The van der Waals surface area contributed by atoms with E-state index in [1.165, 1.54) is 11.8 Å². The van der Waals surface area contributed by atoms with Gasteiger partial charge in [0.15, 0.2) is 0 Å². The molecule has 0 aliphatic heterocycles. The predicted octanol–water partition coefficient (Wildman–Crippen LogP) is 4.64. The smallest absolute Gasteiger partial charge is 0.242 e. The molecular formula is C20H22Cl2N2O2S. The quantitative estimate of drug-likeness (QED) is 0.627. The molecule has 0 saturated carbocycles. The summed E-state index contributed by atoms with van der Waals surface area (Å²) in [6, 6.07) is 14.3. The molecule has 144 valence electrons. The second-order valence-electron chi connectivity index (χ2n) is 5.90. The number of amides is 2. The summed E-state index contributed by atoms with van der Waals surface area (Å²) < 4.78 is 0. The molecule has 7 heteroatoms. The molecule has 2 rings (SSSR count). The molecule has 4 nitrogen and oxygen atoms in total. The molecule has 0 bridgehead atoms. The lowest BCUT2D eigenvalue weighted by molar-refractivity contribution is -0.139. The SMILES string of the molecule is CC[C@H](C(=O)NC)N(Cc1ccc(Cl)cc1Cl)C(=O)CSc1ccccc1. The molecule has 2 aromatic rings. The highest BCUT2D eigenvalue weighted by Crippen LogP contribution is 2.25. The van der Waals surface area contributed by atoms with Gasteiger partial charge in [-0.3, -0.25) is 9.59 Å². The number of likely N-dealkylation sites (N-methyl/N-ethyl adjacent to an activating group) is 1. The van der Waals surface area contributed by atoms with Crippen LogP contribution in [0.4, 0.5) is 0 Å². The van der Waals surface area contributed by atoms with Crippen LogP contribution in [0.3, 0.4) is 0 Å². The molecule has 1 atom stereocenters. The van der Waals surface area contributed by atoms with Crippen LogP contribution in [0.15, 0.2) is 53.4 Å². The van der Waals surface area contributed by atoms with Crippen LogP contribution in [0.25, 0.3) is 0 Å². The van der Waals surface area contributed by atoms with Crippen molar-refractivity contribution in [3.05, 3.63) is 64.1 Å². The summed E-state index contributed by atoms with van der Waals surface area (Å²) in [5.41, 5.74) is 0.751. The standard InChI is InChI=1S/C20H22Cl2N2O2S/c1-3-18(20(26)23-2)24(12-14-9-10-15(21)11-17(14)22)19(25)13-27-16-7-5-4-6-8-16/h4-11,18H,3,12-13H2,1-2H3,(H,23,26)/t18-/m1/s1.